The molecule has 2 aromatic carbocycles. The summed E-state index contributed by atoms with van der Waals surface area (Å²) in [6.07, 6.45) is -0.561. The van der Waals surface area contributed by atoms with E-state index in [0.717, 1.165) is 16.9 Å². The van der Waals surface area contributed by atoms with Crippen LogP contribution in [-0.2, 0) is 4.79 Å². The Kier molecular flexibility index (Phi) is 6.24. The van der Waals surface area contributed by atoms with Gasteiger partial charge in [-0.3, -0.25) is 4.79 Å². The summed E-state index contributed by atoms with van der Waals surface area (Å²) in [5.41, 5.74) is 2.23. The quantitative estimate of drug-likeness (QED) is 0.844. The van der Waals surface area contributed by atoms with Crippen molar-refractivity contribution in [3.05, 3.63) is 59.7 Å². The van der Waals surface area contributed by atoms with Gasteiger partial charge in [-0.1, -0.05) is 35.9 Å². The van der Waals surface area contributed by atoms with E-state index in [4.69, 9.17) is 9.47 Å². The molecule has 0 spiro atoms. The Balaban J connectivity index is 1.80. The average Bonchev–Trinajstić information content (AvgIpc) is 2.56. The number of benzene rings is 2. The number of ether oxygens (including phenoxy) is 2. The third-order valence-electron chi connectivity index (χ3n) is 3.67. The molecule has 0 bridgehead atoms. The number of para-hydroxylation sites is 1. The molecule has 0 aliphatic rings. The number of amides is 1. The van der Waals surface area contributed by atoms with Gasteiger partial charge in [-0.15, -0.1) is 0 Å². The Morgan fingerprint density at radius 3 is 2.38 bits per heavy atom. The molecule has 0 unspecified atom stereocenters. The van der Waals surface area contributed by atoms with E-state index in [1.807, 2.05) is 69.3 Å². The van der Waals surface area contributed by atoms with Crippen molar-refractivity contribution in [1.29, 1.82) is 0 Å². The van der Waals surface area contributed by atoms with Crippen molar-refractivity contribution >= 4 is 5.91 Å². The highest BCUT2D eigenvalue weighted by Crippen LogP contribution is 2.16. The maximum Gasteiger partial charge on any atom is 0.261 e. The van der Waals surface area contributed by atoms with Crippen molar-refractivity contribution in [1.82, 2.24) is 5.32 Å². The number of carbonyl (C=O) groups excluding carboxylic acids is 1. The first-order chi connectivity index (χ1) is 11.5. The molecule has 0 aromatic heterocycles. The summed E-state index contributed by atoms with van der Waals surface area (Å²) in [5, 5.41) is 2.91. The highest BCUT2D eigenvalue weighted by Gasteiger charge is 2.17. The molecule has 2 atom stereocenters. The molecule has 2 aromatic rings. The summed E-state index contributed by atoms with van der Waals surface area (Å²) in [5.74, 6) is 1.37. The number of carbonyl (C=O) groups is 1. The van der Waals surface area contributed by atoms with Crippen LogP contribution in [0.5, 0.6) is 11.5 Å². The van der Waals surface area contributed by atoms with Crippen LogP contribution in [-0.4, -0.2) is 24.7 Å². The number of hydrogen-bond donors (Lipinski definition) is 1. The van der Waals surface area contributed by atoms with Crippen molar-refractivity contribution in [2.24, 2.45) is 0 Å². The smallest absolute Gasteiger partial charge is 0.261 e. The zero-order valence-corrected chi connectivity index (χ0v) is 14.7. The second kappa shape index (κ2) is 8.39. The van der Waals surface area contributed by atoms with Crippen LogP contribution in [0.15, 0.2) is 48.5 Å². The van der Waals surface area contributed by atoms with E-state index < -0.39 is 6.10 Å². The van der Waals surface area contributed by atoms with E-state index in [-0.39, 0.29) is 11.9 Å². The highest BCUT2D eigenvalue weighted by molar-refractivity contribution is 5.81. The van der Waals surface area contributed by atoms with Gasteiger partial charge in [0.25, 0.3) is 5.91 Å². The summed E-state index contributed by atoms with van der Waals surface area (Å²) in [4.78, 5) is 12.2. The summed E-state index contributed by atoms with van der Waals surface area (Å²) >= 11 is 0. The van der Waals surface area contributed by atoms with Gasteiger partial charge in [-0.25, -0.2) is 0 Å². The van der Waals surface area contributed by atoms with Crippen LogP contribution in [0.3, 0.4) is 0 Å². The van der Waals surface area contributed by atoms with Gasteiger partial charge in [0, 0.05) is 0 Å². The van der Waals surface area contributed by atoms with Gasteiger partial charge in [0.15, 0.2) is 6.10 Å². The predicted molar refractivity (Wildman–Crippen MR) is 95.5 cm³/mol. The number of rotatable bonds is 7. The fourth-order valence-corrected chi connectivity index (χ4v) is 2.21. The molecule has 24 heavy (non-hydrogen) atoms. The average molecular weight is 327 g/mol. The standard InChI is InChI=1S/C20H25NO3/c1-14-9-11-18(12-10-14)24-17(4)20(22)21-16(3)13-23-19-8-6-5-7-15(19)2/h5-12,16-17H,13H2,1-4H3,(H,21,22)/t16-,17+/m0/s1. The molecule has 0 heterocycles. The molecule has 0 aliphatic carbocycles. The minimum Gasteiger partial charge on any atom is -0.491 e. The van der Waals surface area contributed by atoms with Crippen LogP contribution in [0.2, 0.25) is 0 Å². The second-order valence-electron chi connectivity index (χ2n) is 6.06. The lowest BCUT2D eigenvalue weighted by molar-refractivity contribution is -0.128. The summed E-state index contributed by atoms with van der Waals surface area (Å²) in [7, 11) is 0. The fraction of sp³-hybridized carbons (Fsp3) is 0.350. The zero-order chi connectivity index (χ0) is 17.5. The summed E-state index contributed by atoms with van der Waals surface area (Å²) in [6.45, 7) is 8.07. The lowest BCUT2D eigenvalue weighted by Gasteiger charge is -2.19. The Bertz CT molecular complexity index is 667. The zero-order valence-electron chi connectivity index (χ0n) is 14.7. The van der Waals surface area contributed by atoms with Crippen LogP contribution < -0.4 is 14.8 Å². The molecule has 2 rings (SSSR count). The largest absolute Gasteiger partial charge is 0.491 e. The van der Waals surface area contributed by atoms with E-state index >= 15 is 0 Å². The molecule has 128 valence electrons. The number of hydrogen-bond acceptors (Lipinski definition) is 3. The third-order valence-corrected chi connectivity index (χ3v) is 3.67. The van der Waals surface area contributed by atoms with Gasteiger partial charge in [0.05, 0.1) is 6.04 Å². The summed E-state index contributed by atoms with van der Waals surface area (Å²) < 4.78 is 11.4. The molecule has 1 N–H and O–H groups in total. The SMILES string of the molecule is Cc1ccc(O[C@H](C)C(=O)N[C@@H](C)COc2ccccc2C)cc1. The summed E-state index contributed by atoms with van der Waals surface area (Å²) in [6, 6.07) is 15.4. The van der Waals surface area contributed by atoms with Gasteiger partial charge in [-0.05, 0) is 51.5 Å². The monoisotopic (exact) mass is 327 g/mol. The van der Waals surface area contributed by atoms with Gasteiger partial charge >= 0.3 is 0 Å². The van der Waals surface area contributed by atoms with Crippen LogP contribution in [0.4, 0.5) is 0 Å². The Hall–Kier alpha value is -2.49. The minimum absolute atomic E-state index is 0.110. The molecule has 1 amide bonds. The van der Waals surface area contributed by atoms with E-state index in [2.05, 4.69) is 5.32 Å². The van der Waals surface area contributed by atoms with Crippen LogP contribution in [0.25, 0.3) is 0 Å². The molecular formula is C20H25NO3. The van der Waals surface area contributed by atoms with Gasteiger partial charge in [0.1, 0.15) is 18.1 Å². The van der Waals surface area contributed by atoms with Gasteiger partial charge < -0.3 is 14.8 Å². The van der Waals surface area contributed by atoms with E-state index in [0.29, 0.717) is 12.4 Å². The normalized spacial score (nSPS) is 13.0. The van der Waals surface area contributed by atoms with Crippen molar-refractivity contribution in [3.63, 3.8) is 0 Å². The fourth-order valence-electron chi connectivity index (χ4n) is 2.21. The van der Waals surface area contributed by atoms with Crippen LogP contribution in [0.1, 0.15) is 25.0 Å². The first-order valence-corrected chi connectivity index (χ1v) is 8.18. The second-order valence-corrected chi connectivity index (χ2v) is 6.06. The van der Waals surface area contributed by atoms with Crippen LogP contribution in [0, 0.1) is 13.8 Å². The van der Waals surface area contributed by atoms with Crippen molar-refractivity contribution in [2.45, 2.75) is 39.8 Å². The minimum atomic E-state index is -0.561. The van der Waals surface area contributed by atoms with Gasteiger partial charge in [-0.2, -0.15) is 0 Å². The lowest BCUT2D eigenvalue weighted by atomic mass is 10.2. The molecular weight excluding hydrogens is 302 g/mol. The molecule has 0 saturated heterocycles. The van der Waals surface area contributed by atoms with E-state index in [1.165, 1.54) is 0 Å². The Morgan fingerprint density at radius 1 is 1.04 bits per heavy atom. The number of nitrogens with one attached hydrogen (secondary N) is 1. The molecule has 0 saturated carbocycles. The molecule has 4 heteroatoms. The first kappa shape index (κ1) is 17.9. The van der Waals surface area contributed by atoms with Crippen molar-refractivity contribution in [2.75, 3.05) is 6.61 Å². The van der Waals surface area contributed by atoms with E-state index in [9.17, 15) is 4.79 Å². The third kappa shape index (κ3) is 5.30. The van der Waals surface area contributed by atoms with E-state index in [1.54, 1.807) is 6.92 Å². The molecule has 0 radical (unpaired) electrons. The number of aryl methyl sites for hydroxylation is 2. The Morgan fingerprint density at radius 2 is 1.71 bits per heavy atom. The first-order valence-electron chi connectivity index (χ1n) is 8.18. The van der Waals surface area contributed by atoms with Crippen molar-refractivity contribution < 1.29 is 14.3 Å². The molecule has 4 nitrogen and oxygen atoms in total. The predicted octanol–water partition coefficient (Wildman–Crippen LogP) is 3.65. The van der Waals surface area contributed by atoms with Gasteiger partial charge in [0.2, 0.25) is 0 Å². The van der Waals surface area contributed by atoms with Crippen molar-refractivity contribution in [3.8, 4) is 11.5 Å². The Labute approximate surface area is 143 Å². The molecule has 0 aliphatic heterocycles. The lowest BCUT2D eigenvalue weighted by Crippen LogP contribution is -2.43. The highest BCUT2D eigenvalue weighted by atomic mass is 16.5. The topological polar surface area (TPSA) is 47.6 Å². The maximum absolute atomic E-state index is 12.2. The maximum atomic E-state index is 12.2. The molecule has 0 fully saturated rings. The van der Waals surface area contributed by atoms with Crippen LogP contribution >= 0.6 is 0 Å².